The maximum Gasteiger partial charge on any atom is 0.126 e. The van der Waals surface area contributed by atoms with Crippen molar-refractivity contribution in [2.45, 2.75) is 32.7 Å². The van der Waals surface area contributed by atoms with Crippen molar-refractivity contribution in [2.75, 3.05) is 19.8 Å². The summed E-state index contributed by atoms with van der Waals surface area (Å²) in [6.07, 6.45) is 3.73. The first-order valence-electron chi connectivity index (χ1n) is 6.79. The maximum absolute atomic E-state index is 13.1. The molecule has 1 aromatic carbocycles. The molecule has 100 valence electrons. The van der Waals surface area contributed by atoms with Gasteiger partial charge in [-0.05, 0) is 55.8 Å². The van der Waals surface area contributed by atoms with Gasteiger partial charge >= 0.3 is 0 Å². The Hall–Kier alpha value is -0.930. The molecule has 1 aliphatic rings. The number of rotatable bonds is 8. The quantitative estimate of drug-likeness (QED) is 0.717. The molecule has 0 bridgehead atoms. The summed E-state index contributed by atoms with van der Waals surface area (Å²) in [7, 11) is 0. The molecule has 0 amide bonds. The molecule has 0 saturated heterocycles. The van der Waals surface area contributed by atoms with Gasteiger partial charge in [-0.15, -0.1) is 0 Å². The minimum absolute atomic E-state index is 0.132. The SMILES string of the molecule is Cc1cc(CNCCCOCC2CC2)ccc1F. The largest absolute Gasteiger partial charge is 0.381 e. The second-order valence-electron chi connectivity index (χ2n) is 5.13. The summed E-state index contributed by atoms with van der Waals surface area (Å²) in [6.45, 7) is 5.32. The molecular weight excluding hydrogens is 229 g/mol. The first-order chi connectivity index (χ1) is 8.75. The zero-order valence-electron chi connectivity index (χ0n) is 11.0. The van der Waals surface area contributed by atoms with Gasteiger partial charge in [-0.2, -0.15) is 0 Å². The number of hydrogen-bond acceptors (Lipinski definition) is 2. The van der Waals surface area contributed by atoms with Crippen molar-refractivity contribution in [3.63, 3.8) is 0 Å². The summed E-state index contributed by atoms with van der Waals surface area (Å²) in [5.74, 6) is 0.715. The Morgan fingerprint density at radius 3 is 2.94 bits per heavy atom. The lowest BCUT2D eigenvalue weighted by molar-refractivity contribution is 0.122. The summed E-state index contributed by atoms with van der Waals surface area (Å²) in [5.41, 5.74) is 1.84. The normalized spacial score (nSPS) is 15.0. The molecule has 0 heterocycles. The summed E-state index contributed by atoms with van der Waals surface area (Å²) >= 11 is 0. The highest BCUT2D eigenvalue weighted by atomic mass is 19.1. The Morgan fingerprint density at radius 1 is 1.39 bits per heavy atom. The predicted molar refractivity (Wildman–Crippen MR) is 71.0 cm³/mol. The first-order valence-corrected chi connectivity index (χ1v) is 6.79. The second kappa shape index (κ2) is 6.86. The Morgan fingerprint density at radius 2 is 2.22 bits per heavy atom. The topological polar surface area (TPSA) is 21.3 Å². The van der Waals surface area contributed by atoms with Gasteiger partial charge in [-0.25, -0.2) is 4.39 Å². The number of nitrogens with one attached hydrogen (secondary N) is 1. The van der Waals surface area contributed by atoms with Crippen LogP contribution in [0.5, 0.6) is 0 Å². The molecule has 2 nitrogen and oxygen atoms in total. The molecule has 0 radical (unpaired) electrons. The molecule has 0 spiro atoms. The van der Waals surface area contributed by atoms with Gasteiger partial charge in [0.05, 0.1) is 0 Å². The van der Waals surface area contributed by atoms with Crippen molar-refractivity contribution in [3.8, 4) is 0 Å². The van der Waals surface area contributed by atoms with E-state index in [2.05, 4.69) is 5.32 Å². The van der Waals surface area contributed by atoms with Crippen molar-refractivity contribution in [3.05, 3.63) is 35.1 Å². The van der Waals surface area contributed by atoms with E-state index in [1.807, 2.05) is 12.1 Å². The fourth-order valence-corrected chi connectivity index (χ4v) is 1.88. The molecule has 18 heavy (non-hydrogen) atoms. The van der Waals surface area contributed by atoms with E-state index in [0.717, 1.165) is 44.2 Å². The Balaban J connectivity index is 1.52. The molecule has 0 aliphatic heterocycles. The summed E-state index contributed by atoms with van der Waals surface area (Å²) < 4.78 is 18.6. The zero-order chi connectivity index (χ0) is 12.8. The number of aryl methyl sites for hydroxylation is 1. The van der Waals surface area contributed by atoms with Crippen LogP contribution in [-0.4, -0.2) is 19.8 Å². The molecular formula is C15H22FNO. The van der Waals surface area contributed by atoms with E-state index in [4.69, 9.17) is 4.74 Å². The number of benzene rings is 1. The van der Waals surface area contributed by atoms with Crippen molar-refractivity contribution in [2.24, 2.45) is 5.92 Å². The second-order valence-corrected chi connectivity index (χ2v) is 5.13. The fourth-order valence-electron chi connectivity index (χ4n) is 1.88. The minimum Gasteiger partial charge on any atom is -0.381 e. The Labute approximate surface area is 109 Å². The van der Waals surface area contributed by atoms with E-state index in [9.17, 15) is 4.39 Å². The first kappa shape index (κ1) is 13.5. The van der Waals surface area contributed by atoms with Gasteiger partial charge in [0.2, 0.25) is 0 Å². The van der Waals surface area contributed by atoms with Crippen LogP contribution in [0.15, 0.2) is 18.2 Å². The monoisotopic (exact) mass is 251 g/mol. The van der Waals surface area contributed by atoms with Gasteiger partial charge in [0, 0.05) is 19.8 Å². The van der Waals surface area contributed by atoms with E-state index in [1.54, 1.807) is 6.92 Å². The molecule has 1 saturated carbocycles. The molecule has 0 unspecified atom stereocenters. The van der Waals surface area contributed by atoms with Crippen LogP contribution >= 0.6 is 0 Å². The Kier molecular flexibility index (Phi) is 5.14. The van der Waals surface area contributed by atoms with Gasteiger partial charge in [-0.1, -0.05) is 12.1 Å². The summed E-state index contributed by atoms with van der Waals surface area (Å²) in [5, 5.41) is 3.35. The predicted octanol–water partition coefficient (Wildman–Crippen LogP) is 3.04. The average molecular weight is 251 g/mol. The molecule has 2 rings (SSSR count). The van der Waals surface area contributed by atoms with Gasteiger partial charge in [0.1, 0.15) is 5.82 Å². The molecule has 0 atom stereocenters. The van der Waals surface area contributed by atoms with E-state index in [-0.39, 0.29) is 5.82 Å². The van der Waals surface area contributed by atoms with Gasteiger partial charge in [0.25, 0.3) is 0 Å². The third-order valence-electron chi connectivity index (χ3n) is 3.24. The zero-order valence-corrected chi connectivity index (χ0v) is 11.0. The highest BCUT2D eigenvalue weighted by molar-refractivity contribution is 5.23. The number of hydrogen-bond donors (Lipinski definition) is 1. The molecule has 3 heteroatoms. The van der Waals surface area contributed by atoms with Crippen LogP contribution in [0.25, 0.3) is 0 Å². The van der Waals surface area contributed by atoms with Crippen LogP contribution < -0.4 is 5.32 Å². The molecule has 1 N–H and O–H groups in total. The van der Waals surface area contributed by atoms with Crippen molar-refractivity contribution >= 4 is 0 Å². The van der Waals surface area contributed by atoms with Gasteiger partial charge in [0.15, 0.2) is 0 Å². The van der Waals surface area contributed by atoms with E-state index >= 15 is 0 Å². The highest BCUT2D eigenvalue weighted by Crippen LogP contribution is 2.28. The summed E-state index contributed by atoms with van der Waals surface area (Å²) in [4.78, 5) is 0. The Bertz CT molecular complexity index is 377. The lowest BCUT2D eigenvalue weighted by atomic mass is 10.1. The molecule has 0 aromatic heterocycles. The number of ether oxygens (including phenoxy) is 1. The average Bonchev–Trinajstić information content (AvgIpc) is 3.16. The lowest BCUT2D eigenvalue weighted by Gasteiger charge is -2.07. The van der Waals surface area contributed by atoms with E-state index in [0.29, 0.717) is 5.56 Å². The van der Waals surface area contributed by atoms with E-state index < -0.39 is 0 Å². The highest BCUT2D eigenvalue weighted by Gasteiger charge is 2.20. The molecule has 1 aliphatic carbocycles. The lowest BCUT2D eigenvalue weighted by Crippen LogP contribution is -2.16. The third-order valence-corrected chi connectivity index (χ3v) is 3.24. The van der Waals surface area contributed by atoms with Crippen LogP contribution in [0.1, 0.15) is 30.4 Å². The smallest absolute Gasteiger partial charge is 0.126 e. The third kappa shape index (κ3) is 4.75. The fraction of sp³-hybridized carbons (Fsp3) is 0.600. The van der Waals surface area contributed by atoms with Gasteiger partial charge in [-0.3, -0.25) is 0 Å². The van der Waals surface area contributed by atoms with Crippen LogP contribution in [-0.2, 0) is 11.3 Å². The van der Waals surface area contributed by atoms with Gasteiger partial charge < -0.3 is 10.1 Å². The van der Waals surface area contributed by atoms with Crippen LogP contribution in [0.3, 0.4) is 0 Å². The molecule has 1 aromatic rings. The van der Waals surface area contributed by atoms with Crippen molar-refractivity contribution in [1.82, 2.24) is 5.32 Å². The van der Waals surface area contributed by atoms with E-state index in [1.165, 1.54) is 18.9 Å². The van der Waals surface area contributed by atoms with Crippen LogP contribution in [0.2, 0.25) is 0 Å². The van der Waals surface area contributed by atoms with Crippen molar-refractivity contribution < 1.29 is 9.13 Å². The van der Waals surface area contributed by atoms with Crippen LogP contribution in [0.4, 0.5) is 4.39 Å². The van der Waals surface area contributed by atoms with Crippen LogP contribution in [0, 0.1) is 18.7 Å². The summed E-state index contributed by atoms with van der Waals surface area (Å²) in [6, 6.07) is 5.26. The van der Waals surface area contributed by atoms with Crippen molar-refractivity contribution in [1.29, 1.82) is 0 Å². The molecule has 1 fully saturated rings. The number of halogens is 1. The minimum atomic E-state index is -0.132. The maximum atomic E-state index is 13.1. The standard InChI is InChI=1S/C15H22FNO/c1-12-9-14(5-6-15(12)16)10-17-7-2-8-18-11-13-3-4-13/h5-6,9,13,17H,2-4,7-8,10-11H2,1H3.